The van der Waals surface area contributed by atoms with Crippen molar-refractivity contribution >= 4 is 6.29 Å². The zero-order chi connectivity index (χ0) is 2.71. The summed E-state index contributed by atoms with van der Waals surface area (Å²) >= 11 is 0. The number of hydrogen-bond donors (Lipinski definition) is 0. The smallest absolute Gasteiger partial charge is 0.542 e. The van der Waals surface area contributed by atoms with Crippen molar-refractivity contribution in [1.29, 1.82) is 0 Å². The van der Waals surface area contributed by atoms with Gasteiger partial charge in [0.2, 0.25) is 0 Å². The first kappa shape index (κ1) is 18.7. The predicted molar refractivity (Wildman–Crippen MR) is 17.8 cm³/mol. The molecule has 0 atom stereocenters. The van der Waals surface area contributed by atoms with Gasteiger partial charge in [-0.2, -0.15) is 6.92 Å². The van der Waals surface area contributed by atoms with Crippen LogP contribution >= 0.6 is 0 Å². The van der Waals surface area contributed by atoms with Crippen LogP contribution in [0.1, 0.15) is 6.92 Å². The average Bonchev–Trinajstić information content (AvgIpc) is 0.918. The Hall–Kier alpha value is 0.254. The summed E-state index contributed by atoms with van der Waals surface area (Å²) in [5, 5.41) is 0. The van der Waals surface area contributed by atoms with E-state index in [1.807, 2.05) is 0 Å². The molecule has 1 nitrogen and oxygen atoms in total. The second kappa shape index (κ2) is 28.6. The first-order valence-electron chi connectivity index (χ1n) is 0.704. The van der Waals surface area contributed by atoms with Crippen molar-refractivity contribution in [3.63, 3.8) is 0 Å². The zero-order valence-electron chi connectivity index (χ0n) is 3.36. The van der Waals surface area contributed by atoms with E-state index < -0.39 is 0 Å². The first-order valence-corrected chi connectivity index (χ1v) is 0.704. The molecule has 0 bridgehead atoms. The fraction of sp³-hybridized carbons (Fsp3) is 0.333. The molecule has 0 aromatic carbocycles. The van der Waals surface area contributed by atoms with Gasteiger partial charge in [-0.05, 0) is 0 Å². The van der Waals surface area contributed by atoms with E-state index in [0.717, 1.165) is 0 Å². The van der Waals surface area contributed by atoms with E-state index in [2.05, 4.69) is 0 Å². The van der Waals surface area contributed by atoms with Gasteiger partial charge in [0.15, 0.2) is 0 Å². The summed E-state index contributed by atoms with van der Waals surface area (Å²) in [7, 11) is 0. The third-order valence-electron chi connectivity index (χ3n) is 0. The monoisotopic (exact) mass is 109 g/mol. The van der Waals surface area contributed by atoms with Crippen molar-refractivity contribution in [2.24, 2.45) is 0 Å². The molecule has 0 aliphatic carbocycles. The van der Waals surface area contributed by atoms with Gasteiger partial charge in [-0.3, -0.25) is 6.29 Å². The summed E-state index contributed by atoms with van der Waals surface area (Å²) in [5.41, 5.74) is 0. The normalized spacial score (nSPS) is 2.60. The molecule has 0 heterocycles. The predicted octanol–water partition coefficient (Wildman–Crippen LogP) is 0.564. The van der Waals surface area contributed by atoms with E-state index >= 15 is 0 Å². The fourth-order valence-corrected chi connectivity index (χ4v) is 0. The molecule has 0 N–H and O–H groups in total. The number of rotatable bonds is 0. The van der Waals surface area contributed by atoms with Crippen LogP contribution < -0.4 is 0 Å². The molecule has 0 unspecified atom stereocenters. The van der Waals surface area contributed by atoms with Crippen LogP contribution in [-0.2, 0) is 23.4 Å². The Morgan fingerprint density at radius 2 is 1.60 bits per heavy atom. The minimum absolute atomic E-state index is 0. The van der Waals surface area contributed by atoms with Gasteiger partial charge in [-0.15, -0.1) is 0 Å². The Bertz CT molecular complexity index is 14.4. The Labute approximate surface area is 44.6 Å². The van der Waals surface area contributed by atoms with Gasteiger partial charge in [-0.25, -0.2) is 0 Å². The van der Waals surface area contributed by atoms with Gasteiger partial charge < -0.3 is 12.2 Å². The molecule has 0 aromatic heterocycles. The van der Waals surface area contributed by atoms with Crippen molar-refractivity contribution in [3.05, 3.63) is 7.43 Å². The molecular weight excluding hydrogens is 103 g/mol. The molecule has 0 aliphatic rings. The van der Waals surface area contributed by atoms with E-state index in [1.54, 1.807) is 0 Å². The Balaban J connectivity index is -0.0000000200. The maximum absolute atomic E-state index is 8.68. The van der Waals surface area contributed by atoms with Crippen LogP contribution in [0.5, 0.6) is 0 Å². The first-order chi connectivity index (χ1) is 1.41. The minimum Gasteiger partial charge on any atom is -0.542 e. The van der Waals surface area contributed by atoms with E-state index in [-0.39, 0.29) is 26.0 Å². The molecular formula is C3H6OV. The van der Waals surface area contributed by atoms with Gasteiger partial charge in [0.25, 0.3) is 0 Å². The van der Waals surface area contributed by atoms with Crippen molar-refractivity contribution in [2.75, 3.05) is 0 Å². The van der Waals surface area contributed by atoms with Crippen LogP contribution in [0.15, 0.2) is 0 Å². The standard InChI is InChI=1S/C2H3O.CH3.V/c1-2-3;;/h1H3;1H3;/q2*-1;+2. The van der Waals surface area contributed by atoms with E-state index in [0.29, 0.717) is 0 Å². The summed E-state index contributed by atoms with van der Waals surface area (Å²) < 4.78 is 0. The largest absolute Gasteiger partial charge is 2.00 e. The SMILES string of the molecule is C[C-]=O.[CH3-].[V+2]. The van der Waals surface area contributed by atoms with Gasteiger partial charge in [-0.1, -0.05) is 0 Å². The van der Waals surface area contributed by atoms with Crippen LogP contribution in [0.2, 0.25) is 0 Å². The maximum atomic E-state index is 8.68. The molecule has 1 radical (unpaired) electrons. The molecule has 0 fully saturated rings. The third kappa shape index (κ3) is 334. The molecule has 0 spiro atoms. The van der Waals surface area contributed by atoms with Crippen molar-refractivity contribution in [1.82, 2.24) is 0 Å². The van der Waals surface area contributed by atoms with Gasteiger partial charge in [0.05, 0.1) is 0 Å². The molecule has 5 heavy (non-hydrogen) atoms. The number of hydrogen-bond acceptors (Lipinski definition) is 1. The summed E-state index contributed by atoms with van der Waals surface area (Å²) in [6, 6.07) is 0. The molecule has 0 aromatic rings. The van der Waals surface area contributed by atoms with Gasteiger partial charge in [0.1, 0.15) is 0 Å². The second-order valence-corrected chi connectivity index (χ2v) is 0.204. The van der Waals surface area contributed by atoms with Crippen LogP contribution in [0.4, 0.5) is 0 Å². The van der Waals surface area contributed by atoms with E-state index in [1.165, 1.54) is 13.2 Å². The molecule has 2 heteroatoms. The topological polar surface area (TPSA) is 17.1 Å². The second-order valence-electron chi connectivity index (χ2n) is 0.204. The van der Waals surface area contributed by atoms with Crippen molar-refractivity contribution in [3.8, 4) is 0 Å². The molecule has 0 saturated carbocycles. The van der Waals surface area contributed by atoms with Gasteiger partial charge in [0, 0.05) is 0 Å². The molecule has 0 rings (SSSR count). The van der Waals surface area contributed by atoms with Gasteiger partial charge >= 0.3 is 18.6 Å². The Morgan fingerprint density at radius 1 is 1.60 bits per heavy atom. The summed E-state index contributed by atoms with van der Waals surface area (Å²) in [6.07, 6.45) is 1.50. The summed E-state index contributed by atoms with van der Waals surface area (Å²) in [4.78, 5) is 8.68. The quantitative estimate of drug-likeness (QED) is 0.415. The third-order valence-corrected chi connectivity index (χ3v) is 0. The molecule has 0 aliphatic heterocycles. The molecule has 29 valence electrons. The van der Waals surface area contributed by atoms with Crippen LogP contribution in [0.3, 0.4) is 0 Å². The average molecular weight is 109 g/mol. The zero-order valence-corrected chi connectivity index (χ0v) is 4.75. The summed E-state index contributed by atoms with van der Waals surface area (Å²) in [5.74, 6) is 0. The summed E-state index contributed by atoms with van der Waals surface area (Å²) in [6.45, 7) is 1.32. The van der Waals surface area contributed by atoms with Crippen LogP contribution in [0, 0.1) is 7.43 Å². The Kier molecular flexibility index (Phi) is 107. The Morgan fingerprint density at radius 3 is 1.60 bits per heavy atom. The molecule has 0 amide bonds. The fourth-order valence-electron chi connectivity index (χ4n) is 0. The maximum Gasteiger partial charge on any atom is 2.00 e. The van der Waals surface area contributed by atoms with Crippen molar-refractivity contribution in [2.45, 2.75) is 6.92 Å². The van der Waals surface area contributed by atoms with Crippen LogP contribution in [-0.4, -0.2) is 6.29 Å². The minimum atomic E-state index is 0. The number of carbonyl (C=O) groups excluding carboxylic acids is 1. The van der Waals surface area contributed by atoms with Crippen molar-refractivity contribution < 1.29 is 23.4 Å². The van der Waals surface area contributed by atoms with E-state index in [9.17, 15) is 0 Å². The molecule has 0 saturated heterocycles. The van der Waals surface area contributed by atoms with Crippen LogP contribution in [0.25, 0.3) is 0 Å². The van der Waals surface area contributed by atoms with E-state index in [4.69, 9.17) is 4.79 Å².